The van der Waals surface area contributed by atoms with Crippen LogP contribution in [-0.2, 0) is 10.8 Å². The second-order valence-corrected chi connectivity index (χ2v) is 9.88. The van der Waals surface area contributed by atoms with Gasteiger partial charge in [-0.25, -0.2) is 0 Å². The molecule has 1 N–H and O–H groups in total. The molecule has 0 bridgehead atoms. The average molecular weight is 389 g/mol. The predicted octanol–water partition coefficient (Wildman–Crippen LogP) is 7.16. The third-order valence-corrected chi connectivity index (χ3v) is 7.41. The number of aliphatic hydroxyl groups is 1. The van der Waals surface area contributed by atoms with Crippen LogP contribution in [0, 0.1) is 0 Å². The number of aliphatic hydroxyl groups excluding tert-OH is 1. The number of hydrogen-bond donors (Lipinski definition) is 1. The molecule has 0 aliphatic rings. The first kappa shape index (κ1) is 26.1. The molecule has 3 unspecified atom stereocenters. The second-order valence-electron chi connectivity index (χ2n) is 8.10. The Kier molecular flexibility index (Phi) is 19.9. The topological polar surface area (TPSA) is 37.3 Å². The molecule has 0 saturated heterocycles. The maximum Gasteiger partial charge on any atom is 0.0655 e. The van der Waals surface area contributed by atoms with Crippen LogP contribution in [0.1, 0.15) is 130 Å². The van der Waals surface area contributed by atoms with Crippen molar-refractivity contribution in [1.29, 1.82) is 0 Å². The normalized spacial score (nSPS) is 15.1. The molecule has 2 nitrogen and oxygen atoms in total. The van der Waals surface area contributed by atoms with Crippen LogP contribution in [0.3, 0.4) is 0 Å². The van der Waals surface area contributed by atoms with Gasteiger partial charge in [0.15, 0.2) is 0 Å². The van der Waals surface area contributed by atoms with Gasteiger partial charge in [-0.05, 0) is 19.8 Å². The summed E-state index contributed by atoms with van der Waals surface area (Å²) < 4.78 is 12.5. The van der Waals surface area contributed by atoms with E-state index in [9.17, 15) is 9.32 Å². The van der Waals surface area contributed by atoms with E-state index >= 15 is 0 Å². The van der Waals surface area contributed by atoms with Gasteiger partial charge < -0.3 is 5.11 Å². The van der Waals surface area contributed by atoms with Gasteiger partial charge in [-0.2, -0.15) is 0 Å². The van der Waals surface area contributed by atoms with Crippen LogP contribution >= 0.6 is 0 Å². The zero-order valence-electron chi connectivity index (χ0n) is 18.1. The molecule has 0 aromatic heterocycles. The maximum atomic E-state index is 12.5. The fourth-order valence-electron chi connectivity index (χ4n) is 3.60. The number of unbranched alkanes of at least 4 members (excludes halogenated alkanes) is 14. The van der Waals surface area contributed by atoms with Gasteiger partial charge in [0.2, 0.25) is 0 Å². The van der Waals surface area contributed by atoms with Crippen LogP contribution in [0.15, 0.2) is 0 Å². The summed E-state index contributed by atoms with van der Waals surface area (Å²) in [6, 6.07) is 0. The lowest BCUT2D eigenvalue weighted by atomic mass is 10.1. The van der Waals surface area contributed by atoms with Crippen molar-refractivity contribution in [3.05, 3.63) is 0 Å². The number of hydrogen-bond acceptors (Lipinski definition) is 2. The summed E-state index contributed by atoms with van der Waals surface area (Å²) in [7, 11) is -0.859. The van der Waals surface area contributed by atoms with Crippen LogP contribution in [0.2, 0.25) is 0 Å². The highest BCUT2D eigenvalue weighted by Crippen LogP contribution is 2.16. The summed E-state index contributed by atoms with van der Waals surface area (Å²) in [5, 5.41) is 9.96. The lowest BCUT2D eigenvalue weighted by molar-refractivity contribution is 0.184. The van der Waals surface area contributed by atoms with E-state index in [1.165, 1.54) is 89.9 Å². The van der Waals surface area contributed by atoms with E-state index in [0.717, 1.165) is 25.0 Å². The van der Waals surface area contributed by atoms with Crippen LogP contribution in [0.4, 0.5) is 0 Å². The molecule has 0 amide bonds. The minimum absolute atomic E-state index is 0.0141. The van der Waals surface area contributed by atoms with E-state index in [0.29, 0.717) is 0 Å². The molecule has 0 aromatic carbocycles. The molecule has 3 heteroatoms. The lowest BCUT2D eigenvalue weighted by Gasteiger charge is -2.19. The van der Waals surface area contributed by atoms with Crippen LogP contribution in [0.25, 0.3) is 0 Å². The molecule has 0 heterocycles. The largest absolute Gasteiger partial charge is 0.392 e. The molecular formula is C23H48O2S. The van der Waals surface area contributed by atoms with Gasteiger partial charge in [-0.1, -0.05) is 110 Å². The van der Waals surface area contributed by atoms with E-state index < -0.39 is 16.9 Å². The Balaban J connectivity index is 3.61. The SMILES string of the molecule is CCCCCCCCCCCCCS(=O)C(CCCCCCC)C(C)O. The summed E-state index contributed by atoms with van der Waals surface area (Å²) >= 11 is 0. The lowest BCUT2D eigenvalue weighted by Crippen LogP contribution is -2.29. The Labute approximate surface area is 167 Å². The Hall–Kier alpha value is 0.110. The molecule has 3 atom stereocenters. The quantitative estimate of drug-likeness (QED) is 0.225. The molecule has 0 saturated carbocycles. The van der Waals surface area contributed by atoms with Crippen molar-refractivity contribution in [3.8, 4) is 0 Å². The van der Waals surface area contributed by atoms with E-state index in [-0.39, 0.29) is 5.25 Å². The first-order valence-corrected chi connectivity index (χ1v) is 13.1. The Morgan fingerprint density at radius 1 is 0.654 bits per heavy atom. The van der Waals surface area contributed by atoms with Crippen molar-refractivity contribution >= 4 is 10.8 Å². The van der Waals surface area contributed by atoms with Gasteiger partial charge in [0.05, 0.1) is 11.4 Å². The van der Waals surface area contributed by atoms with Crippen molar-refractivity contribution in [3.63, 3.8) is 0 Å². The molecule has 0 aromatic rings. The molecule has 0 spiro atoms. The first-order chi connectivity index (χ1) is 12.6. The van der Waals surface area contributed by atoms with E-state index in [4.69, 9.17) is 0 Å². The third-order valence-electron chi connectivity index (χ3n) is 5.42. The minimum Gasteiger partial charge on any atom is -0.392 e. The average Bonchev–Trinajstić information content (AvgIpc) is 2.62. The monoisotopic (exact) mass is 388 g/mol. The first-order valence-electron chi connectivity index (χ1n) is 11.7. The zero-order valence-corrected chi connectivity index (χ0v) is 19.0. The molecule has 0 radical (unpaired) electrons. The summed E-state index contributed by atoms with van der Waals surface area (Å²) in [4.78, 5) is 0. The summed E-state index contributed by atoms with van der Waals surface area (Å²) in [5.74, 6) is 0.779. The predicted molar refractivity (Wildman–Crippen MR) is 118 cm³/mol. The van der Waals surface area contributed by atoms with E-state index in [1.54, 1.807) is 0 Å². The summed E-state index contributed by atoms with van der Waals surface area (Å²) in [6.45, 7) is 6.31. The van der Waals surface area contributed by atoms with Crippen molar-refractivity contribution in [1.82, 2.24) is 0 Å². The van der Waals surface area contributed by atoms with Crippen molar-refractivity contribution in [2.75, 3.05) is 5.75 Å². The van der Waals surface area contributed by atoms with Crippen LogP contribution < -0.4 is 0 Å². The molecule has 0 aliphatic carbocycles. The minimum atomic E-state index is -0.859. The fraction of sp³-hybridized carbons (Fsp3) is 1.00. The standard InChI is InChI=1S/C23H48O2S/c1-4-6-8-10-11-12-13-14-15-17-19-21-26(25)23(22(3)24)20-18-16-9-7-5-2/h22-24H,4-21H2,1-3H3. The molecular weight excluding hydrogens is 340 g/mol. The highest BCUT2D eigenvalue weighted by atomic mass is 32.2. The van der Waals surface area contributed by atoms with Gasteiger partial charge >= 0.3 is 0 Å². The fourth-order valence-corrected chi connectivity index (χ4v) is 5.26. The summed E-state index contributed by atoms with van der Waals surface area (Å²) in [5.41, 5.74) is 0. The van der Waals surface area contributed by atoms with Gasteiger partial charge in [-0.3, -0.25) is 4.21 Å². The van der Waals surface area contributed by atoms with Crippen LogP contribution in [0.5, 0.6) is 0 Å². The van der Waals surface area contributed by atoms with Gasteiger partial charge in [0, 0.05) is 16.6 Å². The molecule has 0 aliphatic heterocycles. The molecule has 0 rings (SSSR count). The van der Waals surface area contributed by atoms with E-state index in [2.05, 4.69) is 13.8 Å². The van der Waals surface area contributed by atoms with Crippen LogP contribution in [-0.4, -0.2) is 26.4 Å². The maximum absolute atomic E-state index is 12.5. The smallest absolute Gasteiger partial charge is 0.0655 e. The Morgan fingerprint density at radius 3 is 1.46 bits per heavy atom. The third kappa shape index (κ3) is 16.3. The summed E-state index contributed by atoms with van der Waals surface area (Å²) in [6.07, 6.45) is 21.2. The van der Waals surface area contributed by atoms with Crippen molar-refractivity contribution in [2.24, 2.45) is 0 Å². The van der Waals surface area contributed by atoms with Gasteiger partial charge in [0.25, 0.3) is 0 Å². The molecule has 0 fully saturated rings. The highest BCUT2D eigenvalue weighted by Gasteiger charge is 2.21. The second kappa shape index (κ2) is 19.9. The van der Waals surface area contributed by atoms with Gasteiger partial charge in [0.1, 0.15) is 0 Å². The van der Waals surface area contributed by atoms with Gasteiger partial charge in [-0.15, -0.1) is 0 Å². The molecule has 158 valence electrons. The zero-order chi connectivity index (χ0) is 19.5. The Morgan fingerprint density at radius 2 is 1.04 bits per heavy atom. The van der Waals surface area contributed by atoms with E-state index in [1.807, 2.05) is 6.92 Å². The van der Waals surface area contributed by atoms with Crippen molar-refractivity contribution in [2.45, 2.75) is 141 Å². The molecule has 26 heavy (non-hydrogen) atoms. The highest BCUT2D eigenvalue weighted by molar-refractivity contribution is 7.85. The number of rotatable bonds is 20. The van der Waals surface area contributed by atoms with Crippen molar-refractivity contribution < 1.29 is 9.32 Å². The Bertz CT molecular complexity index is 305.